The first-order chi connectivity index (χ1) is 47.5. The van der Waals surface area contributed by atoms with Crippen molar-refractivity contribution in [3.05, 3.63) is 0 Å². The first-order valence-corrected chi connectivity index (χ1v) is 44.1. The summed E-state index contributed by atoms with van der Waals surface area (Å²) in [7, 11) is -9.91. The van der Waals surface area contributed by atoms with Crippen LogP contribution >= 0.6 is 15.6 Å². The van der Waals surface area contributed by atoms with Gasteiger partial charge in [-0.15, -0.1) is 0 Å². The number of unbranched alkanes of at least 4 members (excludes halogenated alkanes) is 51. The summed E-state index contributed by atoms with van der Waals surface area (Å²) in [5.41, 5.74) is 0. The van der Waals surface area contributed by atoms with Gasteiger partial charge in [-0.05, 0) is 31.6 Å². The number of hydrogen-bond acceptors (Lipinski definition) is 15. The summed E-state index contributed by atoms with van der Waals surface area (Å²) in [6.07, 6.45) is 62.5. The minimum absolute atomic E-state index is 0.107. The Morgan fingerprint density at radius 2 is 0.469 bits per heavy atom. The minimum Gasteiger partial charge on any atom is -0.462 e. The summed E-state index contributed by atoms with van der Waals surface area (Å²) in [5, 5.41) is 10.6. The van der Waals surface area contributed by atoms with E-state index in [4.69, 9.17) is 37.0 Å². The minimum atomic E-state index is -4.96. The Kier molecular flexibility index (Phi) is 70.6. The fraction of sp³-hybridized carbons (Fsp3) is 0.949. The molecule has 0 aliphatic heterocycles. The van der Waals surface area contributed by atoms with Gasteiger partial charge in [0, 0.05) is 25.7 Å². The van der Waals surface area contributed by atoms with E-state index >= 15 is 0 Å². The zero-order valence-electron chi connectivity index (χ0n) is 63.9. The molecule has 0 fully saturated rings. The van der Waals surface area contributed by atoms with Gasteiger partial charge in [0.05, 0.1) is 26.4 Å². The third-order valence-corrected chi connectivity index (χ3v) is 20.4. The van der Waals surface area contributed by atoms with Crippen molar-refractivity contribution in [2.45, 2.75) is 438 Å². The maximum absolute atomic E-state index is 13.1. The van der Waals surface area contributed by atoms with Crippen LogP contribution in [0.1, 0.15) is 420 Å². The molecule has 0 spiro atoms. The summed E-state index contributed by atoms with van der Waals surface area (Å²) in [4.78, 5) is 72.9. The van der Waals surface area contributed by atoms with Gasteiger partial charge in [-0.2, -0.15) is 0 Å². The average molecular weight is 1440 g/mol. The van der Waals surface area contributed by atoms with E-state index in [-0.39, 0.29) is 25.7 Å². The molecule has 5 atom stereocenters. The molecule has 0 rings (SSSR count). The standard InChI is InChI=1S/C79H154O17P2/c1-6-9-12-15-18-21-24-27-29-31-32-33-35-38-41-44-49-55-60-65-79(84)95-74(68-89-76(81)62-57-52-47-42-39-37-34-30-28-25-22-19-16-13-10-7-2)70-93-97(85,86)91-66-73(80)67-92-98(87,88)94-71-75(69-90-77(82)63-58-53-50-45-46-51-56-61-72(4)5)96-78(83)64-59-54-48-43-40-36-26-23-20-17-14-11-8-3/h72-75,80H,6-71H2,1-5H3,(H,85,86)(H,87,88)/t73-,74-,75-/m1/s1. The number of carbonyl (C=O) groups is 4. The molecule has 0 saturated heterocycles. The molecule has 2 unspecified atom stereocenters. The van der Waals surface area contributed by atoms with Gasteiger partial charge in [-0.1, -0.05) is 369 Å². The lowest BCUT2D eigenvalue weighted by Crippen LogP contribution is -2.30. The molecule has 3 N–H and O–H groups in total. The third-order valence-electron chi connectivity index (χ3n) is 18.5. The second-order valence-electron chi connectivity index (χ2n) is 28.9. The van der Waals surface area contributed by atoms with Gasteiger partial charge in [0.1, 0.15) is 19.3 Å². The first-order valence-electron chi connectivity index (χ1n) is 41.1. The van der Waals surface area contributed by atoms with Gasteiger partial charge in [0.15, 0.2) is 12.2 Å². The fourth-order valence-electron chi connectivity index (χ4n) is 12.2. The van der Waals surface area contributed by atoms with Gasteiger partial charge in [-0.25, -0.2) is 9.13 Å². The zero-order valence-corrected chi connectivity index (χ0v) is 65.7. The molecule has 0 aliphatic carbocycles. The lowest BCUT2D eigenvalue weighted by molar-refractivity contribution is -0.161. The van der Waals surface area contributed by atoms with Crippen LogP contribution in [0.25, 0.3) is 0 Å². The van der Waals surface area contributed by atoms with E-state index in [9.17, 15) is 43.2 Å². The highest BCUT2D eigenvalue weighted by Gasteiger charge is 2.30. The Labute approximate surface area is 600 Å². The monoisotopic (exact) mass is 1440 g/mol. The van der Waals surface area contributed by atoms with Crippen molar-refractivity contribution in [1.29, 1.82) is 0 Å². The van der Waals surface area contributed by atoms with E-state index in [0.29, 0.717) is 31.6 Å². The molecule has 0 bridgehead atoms. The normalized spacial score (nSPS) is 13.9. The SMILES string of the molecule is CCCCCCCCCCCCCCCCCCCCCC(=O)O[C@H](COC(=O)CCCCCCCCCCCCCCCCCC)COP(=O)(O)OC[C@@H](O)COP(=O)(O)OC[C@@H](COC(=O)CCCCCCCCCC(C)C)OC(=O)CCCCCCCCCCCCCCC. The van der Waals surface area contributed by atoms with Crippen molar-refractivity contribution in [3.63, 3.8) is 0 Å². The van der Waals surface area contributed by atoms with E-state index < -0.39 is 97.5 Å². The molecule has 19 heteroatoms. The molecule has 0 aromatic heterocycles. The van der Waals surface area contributed by atoms with Crippen molar-refractivity contribution in [3.8, 4) is 0 Å². The van der Waals surface area contributed by atoms with Crippen molar-refractivity contribution in [2.75, 3.05) is 39.6 Å². The van der Waals surface area contributed by atoms with Gasteiger partial charge >= 0.3 is 39.5 Å². The molecule has 17 nitrogen and oxygen atoms in total. The highest BCUT2D eigenvalue weighted by Crippen LogP contribution is 2.45. The molecule has 0 saturated carbocycles. The maximum Gasteiger partial charge on any atom is 0.472 e. The van der Waals surface area contributed by atoms with E-state index in [1.54, 1.807) is 0 Å². The lowest BCUT2D eigenvalue weighted by Gasteiger charge is -2.21. The van der Waals surface area contributed by atoms with Gasteiger partial charge in [0.2, 0.25) is 0 Å². The topological polar surface area (TPSA) is 237 Å². The number of phosphoric ester groups is 2. The molecule has 0 aromatic rings. The number of carbonyl (C=O) groups excluding carboxylic acids is 4. The van der Waals surface area contributed by atoms with Gasteiger partial charge < -0.3 is 33.8 Å². The molecule has 0 amide bonds. The molecular weight excluding hydrogens is 1280 g/mol. The van der Waals surface area contributed by atoms with Crippen LogP contribution in [0.5, 0.6) is 0 Å². The molecule has 0 heterocycles. The molecular formula is C79H154O17P2. The average Bonchev–Trinajstić information content (AvgIpc) is 1.08. The number of hydrogen-bond donors (Lipinski definition) is 3. The van der Waals surface area contributed by atoms with Gasteiger partial charge in [0.25, 0.3) is 0 Å². The summed E-state index contributed by atoms with van der Waals surface area (Å²) in [5.74, 6) is -1.40. The maximum atomic E-state index is 13.1. The third kappa shape index (κ3) is 72.4. The summed E-state index contributed by atoms with van der Waals surface area (Å²) >= 11 is 0. The molecule has 0 radical (unpaired) electrons. The Hall–Kier alpha value is -1.94. The Morgan fingerprint density at radius 1 is 0.276 bits per heavy atom. The lowest BCUT2D eigenvalue weighted by atomic mass is 10.0. The van der Waals surface area contributed by atoms with Crippen molar-refractivity contribution >= 4 is 39.5 Å². The summed E-state index contributed by atoms with van der Waals surface area (Å²) in [6.45, 7) is 7.27. The Morgan fingerprint density at radius 3 is 0.694 bits per heavy atom. The van der Waals surface area contributed by atoms with Crippen LogP contribution in [-0.2, 0) is 65.4 Å². The highest BCUT2D eigenvalue weighted by molar-refractivity contribution is 7.47. The molecule has 0 aromatic carbocycles. The van der Waals surface area contributed by atoms with Crippen LogP contribution in [0.15, 0.2) is 0 Å². The number of aliphatic hydroxyl groups excluding tert-OH is 1. The fourth-order valence-corrected chi connectivity index (χ4v) is 13.8. The Bertz CT molecular complexity index is 1870. The number of phosphoric acid groups is 2. The smallest absolute Gasteiger partial charge is 0.462 e. The Balaban J connectivity index is 5.23. The highest BCUT2D eigenvalue weighted by atomic mass is 31.2. The number of ether oxygens (including phenoxy) is 4. The van der Waals surface area contributed by atoms with Crippen LogP contribution in [0.4, 0.5) is 0 Å². The molecule has 0 aliphatic rings. The van der Waals surface area contributed by atoms with Crippen LogP contribution < -0.4 is 0 Å². The van der Waals surface area contributed by atoms with E-state index in [1.165, 1.54) is 238 Å². The van der Waals surface area contributed by atoms with E-state index in [0.717, 1.165) is 96.3 Å². The van der Waals surface area contributed by atoms with Crippen LogP contribution in [0, 0.1) is 5.92 Å². The quantitative estimate of drug-likeness (QED) is 0.0222. The number of esters is 4. The van der Waals surface area contributed by atoms with Crippen LogP contribution in [0.2, 0.25) is 0 Å². The van der Waals surface area contributed by atoms with Crippen LogP contribution in [-0.4, -0.2) is 96.7 Å². The van der Waals surface area contributed by atoms with E-state index in [1.807, 2.05) is 0 Å². The predicted octanol–water partition coefficient (Wildman–Crippen LogP) is 23.6. The second kappa shape index (κ2) is 72.0. The number of rotatable bonds is 79. The first kappa shape index (κ1) is 96.1. The van der Waals surface area contributed by atoms with Crippen molar-refractivity contribution in [2.24, 2.45) is 5.92 Å². The molecule has 98 heavy (non-hydrogen) atoms. The van der Waals surface area contributed by atoms with Crippen molar-refractivity contribution < 1.29 is 80.2 Å². The molecule has 582 valence electrons. The largest absolute Gasteiger partial charge is 0.472 e. The second-order valence-corrected chi connectivity index (χ2v) is 31.8. The summed E-state index contributed by atoms with van der Waals surface area (Å²) in [6, 6.07) is 0. The van der Waals surface area contributed by atoms with Crippen molar-refractivity contribution in [1.82, 2.24) is 0 Å². The summed E-state index contributed by atoms with van der Waals surface area (Å²) < 4.78 is 68.6. The zero-order chi connectivity index (χ0) is 71.9. The van der Waals surface area contributed by atoms with E-state index in [2.05, 4.69) is 34.6 Å². The van der Waals surface area contributed by atoms with Crippen LogP contribution in [0.3, 0.4) is 0 Å². The predicted molar refractivity (Wildman–Crippen MR) is 400 cm³/mol. The van der Waals surface area contributed by atoms with Gasteiger partial charge in [-0.3, -0.25) is 37.3 Å². The number of aliphatic hydroxyl groups is 1.